The molecule has 2 bridgehead atoms. The highest BCUT2D eigenvalue weighted by Gasteiger charge is 2.53. The Hall–Kier alpha value is -1.13. The predicted octanol–water partition coefficient (Wildman–Crippen LogP) is 7.12. The third-order valence-electron chi connectivity index (χ3n) is 7.25. The van der Waals surface area contributed by atoms with Crippen LogP contribution in [0.25, 0.3) is 11.1 Å². The molecule has 0 spiro atoms. The minimum atomic E-state index is -1.41. The zero-order chi connectivity index (χ0) is 19.4. The second-order valence-electron chi connectivity index (χ2n) is 11.1. The van der Waals surface area contributed by atoms with E-state index in [1.54, 1.807) is 10.8 Å². The van der Waals surface area contributed by atoms with Gasteiger partial charge in [-0.05, 0) is 52.8 Å². The molecule has 0 N–H and O–H groups in total. The quantitative estimate of drug-likeness (QED) is 0.486. The van der Waals surface area contributed by atoms with E-state index in [9.17, 15) is 0 Å². The van der Waals surface area contributed by atoms with Crippen LogP contribution in [0.1, 0.15) is 30.7 Å². The van der Waals surface area contributed by atoms with Crippen molar-refractivity contribution in [3.05, 3.63) is 54.1 Å². The van der Waals surface area contributed by atoms with Crippen molar-refractivity contribution >= 4 is 21.3 Å². The molecule has 0 radical (unpaired) electrons. The van der Waals surface area contributed by atoms with E-state index in [1.807, 2.05) is 0 Å². The molecule has 0 unspecified atom stereocenters. The fourth-order valence-electron chi connectivity index (χ4n) is 6.40. The zero-order valence-corrected chi connectivity index (χ0v) is 20.0. The first-order valence-electron chi connectivity index (χ1n) is 10.9. The van der Waals surface area contributed by atoms with Gasteiger partial charge in [0, 0.05) is 8.07 Å². The lowest BCUT2D eigenvalue weighted by Gasteiger charge is -2.42. The van der Waals surface area contributed by atoms with Crippen LogP contribution in [0, 0.1) is 11.8 Å². The first-order valence-corrected chi connectivity index (χ1v) is 17.9. The van der Waals surface area contributed by atoms with Crippen molar-refractivity contribution in [2.75, 3.05) is 0 Å². The molecule has 0 aliphatic heterocycles. The van der Waals surface area contributed by atoms with E-state index in [2.05, 4.69) is 87.8 Å². The molecule has 4 rings (SSSR count). The molecule has 4 atom stereocenters. The van der Waals surface area contributed by atoms with Crippen molar-refractivity contribution in [2.24, 2.45) is 11.8 Å². The molecule has 2 aromatic carbocycles. The topological polar surface area (TPSA) is 0 Å². The molecule has 0 saturated heterocycles. The first-order chi connectivity index (χ1) is 12.7. The van der Waals surface area contributed by atoms with Crippen molar-refractivity contribution in [1.82, 2.24) is 0 Å². The molecule has 2 heteroatoms. The Morgan fingerprint density at radius 1 is 0.741 bits per heavy atom. The Labute approximate surface area is 168 Å². The third-order valence-corrected chi connectivity index (χ3v) is 12.1. The van der Waals surface area contributed by atoms with Gasteiger partial charge >= 0.3 is 0 Å². The van der Waals surface area contributed by atoms with Gasteiger partial charge in [0.05, 0.1) is 8.07 Å². The van der Waals surface area contributed by atoms with Gasteiger partial charge in [-0.3, -0.25) is 0 Å². The molecule has 2 aliphatic carbocycles. The largest absolute Gasteiger partial charge is 0.0779 e. The van der Waals surface area contributed by atoms with Crippen LogP contribution in [-0.4, -0.2) is 16.1 Å². The molecule has 0 aromatic heterocycles. The summed E-state index contributed by atoms with van der Waals surface area (Å²) in [5.74, 6) is 2.71. The van der Waals surface area contributed by atoms with Gasteiger partial charge in [-0.1, -0.05) is 99.4 Å². The van der Waals surface area contributed by atoms with E-state index in [-0.39, 0.29) is 0 Å². The van der Waals surface area contributed by atoms with E-state index < -0.39 is 16.1 Å². The van der Waals surface area contributed by atoms with Crippen molar-refractivity contribution < 1.29 is 0 Å². The SMILES string of the molecule is C[Si](C)(C)c1cccc(-c2ccccc2)c1[C@@H]1[C@H]2CC[C@H](C2)[C@@H]1[Si](C)(C)C. The summed E-state index contributed by atoms with van der Waals surface area (Å²) in [4.78, 5) is 0. The molecular weight excluding hydrogens is 356 g/mol. The highest BCUT2D eigenvalue weighted by Crippen LogP contribution is 2.63. The van der Waals surface area contributed by atoms with Crippen LogP contribution in [0.15, 0.2) is 48.5 Å². The van der Waals surface area contributed by atoms with Gasteiger partial charge in [0.1, 0.15) is 0 Å². The summed E-state index contributed by atoms with van der Waals surface area (Å²) in [5.41, 5.74) is 5.68. The zero-order valence-electron chi connectivity index (χ0n) is 18.0. The van der Waals surface area contributed by atoms with E-state index in [1.165, 1.54) is 30.4 Å². The lowest BCUT2D eigenvalue weighted by molar-refractivity contribution is 0.413. The van der Waals surface area contributed by atoms with Crippen LogP contribution < -0.4 is 5.19 Å². The average Bonchev–Trinajstić information content (AvgIpc) is 3.22. The summed E-state index contributed by atoms with van der Waals surface area (Å²) in [6.45, 7) is 15.5. The van der Waals surface area contributed by atoms with Crippen LogP contribution in [0.5, 0.6) is 0 Å². The Morgan fingerprint density at radius 3 is 2.04 bits per heavy atom. The van der Waals surface area contributed by atoms with Crippen molar-refractivity contribution in [2.45, 2.75) is 70.0 Å². The second kappa shape index (κ2) is 6.74. The summed E-state index contributed by atoms with van der Waals surface area (Å²) in [7, 11) is -2.62. The summed E-state index contributed by atoms with van der Waals surface area (Å²) < 4.78 is 0. The minimum Gasteiger partial charge on any atom is -0.0693 e. The summed E-state index contributed by atoms with van der Waals surface area (Å²) in [6, 6.07) is 18.4. The monoisotopic (exact) mass is 392 g/mol. The molecule has 2 aliphatic rings. The maximum absolute atomic E-state index is 2.63. The molecular formula is C25H36Si2. The van der Waals surface area contributed by atoms with E-state index in [0.717, 1.165) is 23.3 Å². The van der Waals surface area contributed by atoms with Crippen LogP contribution in [0.4, 0.5) is 0 Å². The van der Waals surface area contributed by atoms with Crippen LogP contribution >= 0.6 is 0 Å². The van der Waals surface area contributed by atoms with Crippen molar-refractivity contribution in [3.8, 4) is 11.1 Å². The third kappa shape index (κ3) is 3.40. The van der Waals surface area contributed by atoms with Crippen LogP contribution in [-0.2, 0) is 0 Å². The molecule has 2 fully saturated rings. The van der Waals surface area contributed by atoms with Gasteiger partial charge in [0.15, 0.2) is 0 Å². The highest BCUT2D eigenvalue weighted by atomic mass is 28.3. The molecule has 0 heterocycles. The van der Waals surface area contributed by atoms with Gasteiger partial charge in [-0.15, -0.1) is 0 Å². The molecule has 27 heavy (non-hydrogen) atoms. The van der Waals surface area contributed by atoms with E-state index in [4.69, 9.17) is 0 Å². The van der Waals surface area contributed by atoms with Crippen molar-refractivity contribution in [1.29, 1.82) is 0 Å². The number of rotatable bonds is 4. The maximum atomic E-state index is 2.63. The lowest BCUT2D eigenvalue weighted by Crippen LogP contribution is -2.44. The Bertz CT molecular complexity index is 810. The number of fused-ring (bicyclic) bond motifs is 2. The molecule has 0 nitrogen and oxygen atoms in total. The van der Waals surface area contributed by atoms with Gasteiger partial charge in [0.25, 0.3) is 0 Å². The van der Waals surface area contributed by atoms with Gasteiger partial charge in [-0.25, -0.2) is 0 Å². The minimum absolute atomic E-state index is 0.800. The van der Waals surface area contributed by atoms with Crippen LogP contribution in [0.2, 0.25) is 44.8 Å². The van der Waals surface area contributed by atoms with E-state index in [0.29, 0.717) is 0 Å². The summed E-state index contributed by atoms with van der Waals surface area (Å²) in [6.07, 6.45) is 4.45. The Balaban J connectivity index is 1.96. The fraction of sp³-hybridized carbons (Fsp3) is 0.520. The summed E-state index contributed by atoms with van der Waals surface area (Å²) >= 11 is 0. The average molecular weight is 393 g/mol. The maximum Gasteiger partial charge on any atom is 0.0779 e. The highest BCUT2D eigenvalue weighted by molar-refractivity contribution is 6.89. The van der Waals surface area contributed by atoms with Crippen LogP contribution in [0.3, 0.4) is 0 Å². The number of benzene rings is 2. The second-order valence-corrected chi connectivity index (χ2v) is 21.6. The van der Waals surface area contributed by atoms with Gasteiger partial charge in [-0.2, -0.15) is 0 Å². The summed E-state index contributed by atoms with van der Waals surface area (Å²) in [5, 5.41) is 1.73. The van der Waals surface area contributed by atoms with Gasteiger partial charge < -0.3 is 0 Å². The fourth-order valence-corrected chi connectivity index (χ4v) is 11.3. The normalized spacial score (nSPS) is 27.9. The molecule has 144 valence electrons. The van der Waals surface area contributed by atoms with Gasteiger partial charge in [0.2, 0.25) is 0 Å². The smallest absolute Gasteiger partial charge is 0.0693 e. The predicted molar refractivity (Wildman–Crippen MR) is 126 cm³/mol. The van der Waals surface area contributed by atoms with E-state index >= 15 is 0 Å². The molecule has 2 saturated carbocycles. The lowest BCUT2D eigenvalue weighted by atomic mass is 9.79. The Morgan fingerprint density at radius 2 is 1.41 bits per heavy atom. The molecule has 0 amide bonds. The van der Waals surface area contributed by atoms with Crippen molar-refractivity contribution in [3.63, 3.8) is 0 Å². The number of hydrogen-bond acceptors (Lipinski definition) is 0. The standard InChI is InChI=1S/C25H36Si2/c1-26(2,3)22-14-10-13-21(18-11-8-7-9-12-18)24(22)23-19-15-16-20(17-19)25(23)27(4,5)6/h7-14,19-20,23,25H,15-17H2,1-6H3/t19-,20+,23-,25-/m0/s1. The first kappa shape index (κ1) is 19.2. The number of hydrogen-bond donors (Lipinski definition) is 0. The molecule has 2 aromatic rings. The Kier molecular flexibility index (Phi) is 4.79.